The molecule has 1 aliphatic carbocycles. The van der Waals surface area contributed by atoms with Gasteiger partial charge in [0.1, 0.15) is 17.9 Å². The molecule has 0 aliphatic heterocycles. The maximum absolute atomic E-state index is 12.5. The van der Waals surface area contributed by atoms with Gasteiger partial charge in [-0.1, -0.05) is 46.6 Å². The number of hydrogen-bond donors (Lipinski definition) is 0. The molecule has 4 heteroatoms. The van der Waals surface area contributed by atoms with E-state index in [0.29, 0.717) is 11.3 Å². The van der Waals surface area contributed by atoms with E-state index in [2.05, 4.69) is 15.9 Å². The molecule has 25 heavy (non-hydrogen) atoms. The maximum Gasteiger partial charge on any atom is 0.342 e. The second-order valence-electron chi connectivity index (χ2n) is 6.55. The van der Waals surface area contributed by atoms with Crippen molar-refractivity contribution in [1.82, 2.24) is 0 Å². The summed E-state index contributed by atoms with van der Waals surface area (Å²) in [5.41, 5.74) is 2.61. The lowest BCUT2D eigenvalue weighted by Gasteiger charge is -2.24. The number of halogens is 1. The fourth-order valence-electron chi connectivity index (χ4n) is 3.09. The van der Waals surface area contributed by atoms with Crippen molar-refractivity contribution in [1.29, 1.82) is 0 Å². The third kappa shape index (κ3) is 4.85. The van der Waals surface area contributed by atoms with Gasteiger partial charge in [-0.05, 0) is 56.4 Å². The molecular weight excluding hydrogens is 380 g/mol. The SMILES string of the molecule is Cc1ccc(COC(=O)c2ccccc2OC2CCCCC2)c(Br)c1. The zero-order valence-corrected chi connectivity index (χ0v) is 16.1. The second-order valence-corrected chi connectivity index (χ2v) is 7.40. The van der Waals surface area contributed by atoms with Crippen LogP contribution in [-0.2, 0) is 11.3 Å². The summed E-state index contributed by atoms with van der Waals surface area (Å²) in [6, 6.07) is 13.4. The lowest BCUT2D eigenvalue weighted by molar-refractivity contribution is 0.0462. The molecule has 3 nitrogen and oxygen atoms in total. The molecule has 132 valence electrons. The van der Waals surface area contributed by atoms with Crippen molar-refractivity contribution in [3.63, 3.8) is 0 Å². The first-order valence-corrected chi connectivity index (χ1v) is 9.60. The Morgan fingerprint density at radius 2 is 1.88 bits per heavy atom. The summed E-state index contributed by atoms with van der Waals surface area (Å²) in [6.07, 6.45) is 5.97. The van der Waals surface area contributed by atoms with E-state index in [4.69, 9.17) is 9.47 Å². The van der Waals surface area contributed by atoms with E-state index >= 15 is 0 Å². The number of para-hydroxylation sites is 1. The van der Waals surface area contributed by atoms with Crippen LogP contribution in [0.25, 0.3) is 0 Å². The largest absolute Gasteiger partial charge is 0.490 e. The lowest BCUT2D eigenvalue weighted by Crippen LogP contribution is -2.21. The van der Waals surface area contributed by atoms with Gasteiger partial charge in [0.25, 0.3) is 0 Å². The van der Waals surface area contributed by atoms with E-state index in [1.165, 1.54) is 19.3 Å². The molecule has 0 spiro atoms. The number of aryl methyl sites for hydroxylation is 1. The van der Waals surface area contributed by atoms with E-state index < -0.39 is 0 Å². The van der Waals surface area contributed by atoms with E-state index in [0.717, 1.165) is 28.4 Å². The van der Waals surface area contributed by atoms with Gasteiger partial charge in [0.05, 0.1) is 6.10 Å². The quantitative estimate of drug-likeness (QED) is 0.590. The Hall–Kier alpha value is -1.81. The number of esters is 1. The summed E-state index contributed by atoms with van der Waals surface area (Å²) < 4.78 is 12.6. The average Bonchev–Trinajstić information content (AvgIpc) is 2.62. The molecular formula is C21H23BrO3. The molecule has 0 heterocycles. The van der Waals surface area contributed by atoms with Crippen molar-refractivity contribution >= 4 is 21.9 Å². The van der Waals surface area contributed by atoms with Crippen LogP contribution in [0.5, 0.6) is 5.75 Å². The average molecular weight is 403 g/mol. The zero-order chi connectivity index (χ0) is 17.6. The highest BCUT2D eigenvalue weighted by Gasteiger charge is 2.19. The molecule has 0 unspecified atom stereocenters. The van der Waals surface area contributed by atoms with Crippen LogP contribution in [0.2, 0.25) is 0 Å². The van der Waals surface area contributed by atoms with Gasteiger partial charge in [-0.15, -0.1) is 0 Å². The van der Waals surface area contributed by atoms with Crippen LogP contribution in [0.1, 0.15) is 53.6 Å². The minimum absolute atomic E-state index is 0.203. The summed E-state index contributed by atoms with van der Waals surface area (Å²) >= 11 is 3.52. The van der Waals surface area contributed by atoms with Gasteiger partial charge in [0.15, 0.2) is 0 Å². The highest BCUT2D eigenvalue weighted by molar-refractivity contribution is 9.10. The second kappa shape index (κ2) is 8.52. The van der Waals surface area contributed by atoms with Gasteiger partial charge in [0, 0.05) is 10.0 Å². The maximum atomic E-state index is 12.5. The standard InChI is InChI=1S/C21H23BrO3/c1-15-11-12-16(19(22)13-15)14-24-21(23)18-9-5-6-10-20(18)25-17-7-3-2-4-8-17/h5-6,9-13,17H,2-4,7-8,14H2,1H3. The molecule has 0 saturated heterocycles. The summed E-state index contributed by atoms with van der Waals surface area (Å²) in [5.74, 6) is 0.279. The van der Waals surface area contributed by atoms with Crippen LogP contribution in [0.15, 0.2) is 46.9 Å². The predicted octanol–water partition coefficient (Wildman–Crippen LogP) is 5.83. The first-order valence-electron chi connectivity index (χ1n) is 8.81. The molecule has 1 saturated carbocycles. The summed E-state index contributed by atoms with van der Waals surface area (Å²) in [7, 11) is 0. The van der Waals surface area contributed by atoms with E-state index in [1.807, 2.05) is 43.3 Å². The summed E-state index contributed by atoms with van der Waals surface area (Å²) in [4.78, 5) is 12.5. The predicted molar refractivity (Wildman–Crippen MR) is 102 cm³/mol. The van der Waals surface area contributed by atoms with Gasteiger partial charge < -0.3 is 9.47 Å². The molecule has 0 N–H and O–H groups in total. The molecule has 0 radical (unpaired) electrons. The monoisotopic (exact) mass is 402 g/mol. The van der Waals surface area contributed by atoms with Crippen LogP contribution in [0.3, 0.4) is 0 Å². The first kappa shape index (κ1) is 18.0. The Labute approximate surface area is 157 Å². The highest BCUT2D eigenvalue weighted by atomic mass is 79.9. The fourth-order valence-corrected chi connectivity index (χ4v) is 3.70. The number of carbonyl (C=O) groups excluding carboxylic acids is 1. The van der Waals surface area contributed by atoms with Crippen molar-refractivity contribution in [2.24, 2.45) is 0 Å². The molecule has 1 fully saturated rings. The molecule has 2 aromatic carbocycles. The van der Waals surface area contributed by atoms with Crippen molar-refractivity contribution in [2.45, 2.75) is 51.7 Å². The number of ether oxygens (including phenoxy) is 2. The molecule has 2 aromatic rings. The van der Waals surface area contributed by atoms with E-state index in [-0.39, 0.29) is 18.7 Å². The van der Waals surface area contributed by atoms with Crippen LogP contribution in [0.4, 0.5) is 0 Å². The van der Waals surface area contributed by atoms with Crippen molar-refractivity contribution in [3.8, 4) is 5.75 Å². The van der Waals surface area contributed by atoms with Crippen LogP contribution in [-0.4, -0.2) is 12.1 Å². The van der Waals surface area contributed by atoms with Crippen LogP contribution in [0, 0.1) is 6.92 Å². The molecule has 0 amide bonds. The van der Waals surface area contributed by atoms with Crippen molar-refractivity contribution in [2.75, 3.05) is 0 Å². The Morgan fingerprint density at radius 1 is 1.12 bits per heavy atom. The first-order chi connectivity index (χ1) is 12.1. The van der Waals surface area contributed by atoms with Crippen molar-refractivity contribution < 1.29 is 14.3 Å². The Bertz CT molecular complexity index is 736. The van der Waals surface area contributed by atoms with Crippen molar-refractivity contribution in [3.05, 3.63) is 63.6 Å². The zero-order valence-electron chi connectivity index (χ0n) is 14.5. The molecule has 0 atom stereocenters. The molecule has 0 aromatic heterocycles. The Morgan fingerprint density at radius 3 is 2.64 bits per heavy atom. The van der Waals surface area contributed by atoms with Gasteiger partial charge in [-0.25, -0.2) is 4.79 Å². The summed E-state index contributed by atoms with van der Waals surface area (Å²) in [6.45, 7) is 2.26. The smallest absolute Gasteiger partial charge is 0.342 e. The molecule has 1 aliphatic rings. The molecule has 0 bridgehead atoms. The topological polar surface area (TPSA) is 35.5 Å². The highest BCUT2D eigenvalue weighted by Crippen LogP contribution is 2.27. The fraction of sp³-hybridized carbons (Fsp3) is 0.381. The minimum atomic E-state index is -0.348. The normalized spacial score (nSPS) is 15.0. The van der Waals surface area contributed by atoms with Gasteiger partial charge in [0.2, 0.25) is 0 Å². The Kier molecular flexibility index (Phi) is 6.14. The van der Waals surface area contributed by atoms with Crippen LogP contribution < -0.4 is 4.74 Å². The minimum Gasteiger partial charge on any atom is -0.490 e. The number of hydrogen-bond acceptors (Lipinski definition) is 3. The third-order valence-corrected chi connectivity index (χ3v) is 5.26. The van der Waals surface area contributed by atoms with Gasteiger partial charge in [-0.2, -0.15) is 0 Å². The summed E-state index contributed by atoms with van der Waals surface area (Å²) in [5, 5.41) is 0. The van der Waals surface area contributed by atoms with E-state index in [1.54, 1.807) is 6.07 Å². The third-order valence-electron chi connectivity index (χ3n) is 4.52. The Balaban J connectivity index is 1.67. The lowest BCUT2D eigenvalue weighted by atomic mass is 9.97. The molecule has 3 rings (SSSR count). The van der Waals surface area contributed by atoms with Gasteiger partial charge >= 0.3 is 5.97 Å². The number of benzene rings is 2. The van der Waals surface area contributed by atoms with Crippen LogP contribution >= 0.6 is 15.9 Å². The van der Waals surface area contributed by atoms with Gasteiger partial charge in [-0.3, -0.25) is 0 Å². The number of rotatable bonds is 5. The number of carbonyl (C=O) groups is 1. The van der Waals surface area contributed by atoms with E-state index in [9.17, 15) is 4.79 Å².